The molecule has 1 aromatic heterocycles. The number of amides is 2. The van der Waals surface area contributed by atoms with Crippen LogP contribution < -0.4 is 16.4 Å². The van der Waals surface area contributed by atoms with Gasteiger partial charge in [0.25, 0.3) is 0 Å². The molecule has 2 heterocycles. The third-order valence-electron chi connectivity index (χ3n) is 9.23. The molecule has 2 amide bonds. The smallest absolute Gasteiger partial charge is 0.224 e. The number of hydrogen-bond acceptors (Lipinski definition) is 9. The number of nitrogens with zero attached hydrogens (tertiary/aromatic N) is 1. The van der Waals surface area contributed by atoms with E-state index in [1.165, 1.54) is 4.70 Å². The number of carbonyl (C=O) groups excluding carboxylic acids is 2. The first-order chi connectivity index (χ1) is 26.4. The van der Waals surface area contributed by atoms with Crippen LogP contribution in [0.3, 0.4) is 0 Å². The molecule has 3 atom stereocenters. The van der Waals surface area contributed by atoms with Crippen molar-refractivity contribution in [2.24, 2.45) is 0 Å². The number of para-hydroxylation sites is 3. The highest BCUT2D eigenvalue weighted by molar-refractivity contribution is 8.01. The number of aromatic nitrogens is 1. The predicted octanol–water partition coefficient (Wildman–Crippen LogP) is 8.80. The van der Waals surface area contributed by atoms with Gasteiger partial charge in [0.15, 0.2) is 10.6 Å². The van der Waals surface area contributed by atoms with Gasteiger partial charge in [0.1, 0.15) is 0 Å². The lowest BCUT2D eigenvalue weighted by Gasteiger charge is -2.36. The molecule has 1 saturated heterocycles. The molecule has 0 bridgehead atoms. The highest BCUT2D eigenvalue weighted by atomic mass is 32.2. The van der Waals surface area contributed by atoms with E-state index in [0.29, 0.717) is 30.8 Å². The van der Waals surface area contributed by atoms with E-state index in [1.807, 2.05) is 84.9 Å². The van der Waals surface area contributed by atoms with Gasteiger partial charge in [-0.05, 0) is 70.6 Å². The van der Waals surface area contributed by atoms with Crippen LogP contribution in [0.1, 0.15) is 60.3 Å². The number of carbonyl (C=O) groups is 2. The maximum Gasteiger partial charge on any atom is 0.224 e. The van der Waals surface area contributed by atoms with Gasteiger partial charge in [0.05, 0.1) is 40.4 Å². The second-order valence-electron chi connectivity index (χ2n) is 13.2. The number of fused-ring (bicyclic) bond motifs is 1. The van der Waals surface area contributed by atoms with Crippen LogP contribution in [0.25, 0.3) is 21.3 Å². The molecule has 54 heavy (non-hydrogen) atoms. The number of benzene rings is 5. The molecule has 5 N–H and O–H groups in total. The van der Waals surface area contributed by atoms with Crippen LogP contribution in [0.15, 0.2) is 126 Å². The van der Waals surface area contributed by atoms with Gasteiger partial charge in [0, 0.05) is 37.1 Å². The van der Waals surface area contributed by atoms with Crippen molar-refractivity contribution in [3.63, 3.8) is 0 Å². The van der Waals surface area contributed by atoms with Crippen LogP contribution in [-0.2, 0) is 32.2 Å². The Morgan fingerprint density at radius 2 is 1.57 bits per heavy atom. The molecule has 7 rings (SSSR count). The van der Waals surface area contributed by atoms with E-state index < -0.39 is 6.29 Å². The average molecular weight is 759 g/mol. The number of nitrogens with one attached hydrogen (secondary N) is 2. The zero-order valence-corrected chi connectivity index (χ0v) is 31.3. The molecule has 3 unspecified atom stereocenters. The molecule has 1 aliphatic rings. The first-order valence-corrected chi connectivity index (χ1v) is 19.8. The number of ether oxygens (including phenoxy) is 2. The lowest BCUT2D eigenvalue weighted by Crippen LogP contribution is -2.31. The molecule has 276 valence electrons. The summed E-state index contributed by atoms with van der Waals surface area (Å²) in [7, 11) is 0. The van der Waals surface area contributed by atoms with Crippen molar-refractivity contribution in [3.05, 3.63) is 144 Å². The van der Waals surface area contributed by atoms with Crippen LogP contribution in [-0.4, -0.2) is 33.8 Å². The number of aliphatic hydroxyl groups is 1. The van der Waals surface area contributed by atoms with E-state index in [2.05, 4.69) is 34.9 Å². The summed E-state index contributed by atoms with van der Waals surface area (Å²) in [5.41, 5.74) is 13.8. The second-order valence-corrected chi connectivity index (χ2v) is 15.5. The summed E-state index contributed by atoms with van der Waals surface area (Å²) in [6.45, 7) is 0.365. The number of rotatable bonds is 14. The summed E-state index contributed by atoms with van der Waals surface area (Å²) in [6.07, 6.45) is 0.724. The average Bonchev–Trinajstić information content (AvgIpc) is 3.63. The van der Waals surface area contributed by atoms with E-state index in [0.717, 1.165) is 49.0 Å². The highest BCUT2D eigenvalue weighted by Crippen LogP contribution is 2.41. The van der Waals surface area contributed by atoms with Crippen LogP contribution in [0, 0.1) is 0 Å². The minimum absolute atomic E-state index is 0.00839. The monoisotopic (exact) mass is 758 g/mol. The fourth-order valence-corrected chi connectivity index (χ4v) is 8.46. The molecule has 5 aromatic carbocycles. The number of thioether (sulfide) groups is 1. The SMILES string of the molecule is Nc1ccccc1NC(=O)CCCC(=O)NCc1cccc(-c2cccc(C3OC(CSc4nc5ccccc5s4)CC(c4ccc(CO)cc4)O3)c2)c1. The van der Waals surface area contributed by atoms with Gasteiger partial charge in [-0.25, -0.2) is 4.98 Å². The summed E-state index contributed by atoms with van der Waals surface area (Å²) in [5.74, 6) is 0.442. The molecular formula is C43H42N4O5S2. The van der Waals surface area contributed by atoms with Crippen LogP contribution in [0.5, 0.6) is 0 Å². The number of nitrogen functional groups attached to an aromatic ring is 1. The van der Waals surface area contributed by atoms with Crippen LogP contribution >= 0.6 is 23.1 Å². The Morgan fingerprint density at radius 1 is 0.815 bits per heavy atom. The second kappa shape index (κ2) is 17.9. The third-order valence-corrected chi connectivity index (χ3v) is 11.5. The summed E-state index contributed by atoms with van der Waals surface area (Å²) < 4.78 is 15.5. The largest absolute Gasteiger partial charge is 0.397 e. The third kappa shape index (κ3) is 9.73. The minimum atomic E-state index is -0.586. The molecule has 1 fully saturated rings. The Balaban J connectivity index is 0.985. The number of thiazole rings is 1. The van der Waals surface area contributed by atoms with Gasteiger partial charge in [-0.2, -0.15) is 0 Å². The van der Waals surface area contributed by atoms with Crippen molar-refractivity contribution in [2.45, 2.75) is 61.7 Å². The topological polar surface area (TPSA) is 136 Å². The van der Waals surface area contributed by atoms with Gasteiger partial charge < -0.3 is 30.9 Å². The number of nitrogens with two attached hydrogens (primary N) is 1. The van der Waals surface area contributed by atoms with E-state index >= 15 is 0 Å². The Hall–Kier alpha value is -5.04. The minimum Gasteiger partial charge on any atom is -0.397 e. The maximum atomic E-state index is 12.6. The van der Waals surface area contributed by atoms with Gasteiger partial charge in [-0.15, -0.1) is 11.3 Å². The Kier molecular flexibility index (Phi) is 12.3. The van der Waals surface area contributed by atoms with Crippen molar-refractivity contribution < 1.29 is 24.2 Å². The Bertz CT molecular complexity index is 2180. The van der Waals surface area contributed by atoms with Crippen LogP contribution in [0.2, 0.25) is 0 Å². The fraction of sp³-hybridized carbons (Fsp3) is 0.233. The van der Waals surface area contributed by atoms with Crippen molar-refractivity contribution in [1.82, 2.24) is 10.3 Å². The molecule has 9 nitrogen and oxygen atoms in total. The molecule has 11 heteroatoms. The molecule has 1 aliphatic heterocycles. The van der Waals surface area contributed by atoms with Crippen molar-refractivity contribution in [3.8, 4) is 11.1 Å². The normalized spacial score (nSPS) is 16.9. The maximum absolute atomic E-state index is 12.6. The van der Waals surface area contributed by atoms with Gasteiger partial charge in [0.2, 0.25) is 11.8 Å². The fourth-order valence-electron chi connectivity index (χ4n) is 6.35. The van der Waals surface area contributed by atoms with Gasteiger partial charge >= 0.3 is 0 Å². The van der Waals surface area contributed by atoms with Crippen LogP contribution in [0.4, 0.5) is 11.4 Å². The number of anilines is 2. The van der Waals surface area contributed by atoms with Crippen molar-refractivity contribution in [1.29, 1.82) is 0 Å². The van der Waals surface area contributed by atoms with E-state index in [1.54, 1.807) is 35.2 Å². The lowest BCUT2D eigenvalue weighted by molar-refractivity contribution is -0.245. The molecular weight excluding hydrogens is 717 g/mol. The number of hydrogen-bond donors (Lipinski definition) is 4. The molecule has 0 saturated carbocycles. The lowest BCUT2D eigenvalue weighted by atomic mass is 9.99. The van der Waals surface area contributed by atoms with Gasteiger partial charge in [-0.3, -0.25) is 9.59 Å². The quantitative estimate of drug-likeness (QED) is 0.0640. The summed E-state index contributed by atoms with van der Waals surface area (Å²) in [5, 5.41) is 15.4. The summed E-state index contributed by atoms with van der Waals surface area (Å²) in [4.78, 5) is 29.8. The highest BCUT2D eigenvalue weighted by Gasteiger charge is 2.32. The molecule has 0 aliphatic carbocycles. The first-order valence-electron chi connectivity index (χ1n) is 18.0. The van der Waals surface area contributed by atoms with E-state index in [-0.39, 0.29) is 43.5 Å². The predicted molar refractivity (Wildman–Crippen MR) is 216 cm³/mol. The van der Waals surface area contributed by atoms with E-state index in [9.17, 15) is 14.7 Å². The Morgan fingerprint density at radius 3 is 2.39 bits per heavy atom. The van der Waals surface area contributed by atoms with Crippen molar-refractivity contribution in [2.75, 3.05) is 16.8 Å². The standard InChI is InChI=1S/C43H42N4O5S2/c44-35-12-1-2-13-36(35)46-41(50)17-7-16-40(49)45-25-29-8-5-9-31(22-29)32-10-6-11-33(23-32)42-51-34(24-38(52-42)30-20-18-28(26-48)19-21-30)27-53-43-47-37-14-3-4-15-39(37)54-43/h1-6,8-15,18-23,34,38,42,48H,7,16-17,24-27,44H2,(H,45,49)(H,46,50). The molecule has 0 radical (unpaired) electrons. The molecule has 6 aromatic rings. The zero-order valence-electron chi connectivity index (χ0n) is 29.7. The summed E-state index contributed by atoms with van der Waals surface area (Å²) in [6, 6.07) is 39.5. The zero-order chi connectivity index (χ0) is 37.3. The summed E-state index contributed by atoms with van der Waals surface area (Å²) >= 11 is 3.40. The Labute approximate surface area is 322 Å². The molecule has 0 spiro atoms. The first kappa shape index (κ1) is 37.3. The number of aliphatic hydroxyl groups excluding tert-OH is 1. The van der Waals surface area contributed by atoms with Crippen molar-refractivity contribution >= 4 is 56.5 Å². The van der Waals surface area contributed by atoms with Gasteiger partial charge in [-0.1, -0.05) is 96.7 Å². The van der Waals surface area contributed by atoms with E-state index in [4.69, 9.17) is 20.2 Å².